The molecule has 0 bridgehead atoms. The van der Waals surface area contributed by atoms with Crippen molar-refractivity contribution < 1.29 is 13.0 Å². The lowest BCUT2D eigenvalue weighted by atomic mass is 10.1. The molecule has 10 heavy (non-hydrogen) atoms. The molecular formula is C5H13NO3S. The normalized spacial score (nSPS) is 13.6. The molecule has 0 aromatic carbocycles. The van der Waals surface area contributed by atoms with Crippen LogP contribution in [-0.4, -0.2) is 24.3 Å². The van der Waals surface area contributed by atoms with Crippen molar-refractivity contribution in [2.24, 2.45) is 5.73 Å². The van der Waals surface area contributed by atoms with Crippen LogP contribution in [-0.2, 0) is 10.1 Å². The summed E-state index contributed by atoms with van der Waals surface area (Å²) in [5, 5.41) is 0. The zero-order chi connectivity index (χ0) is 8.41. The molecule has 3 N–H and O–H groups in total. The first-order chi connectivity index (χ1) is 4.31. The maximum Gasteiger partial charge on any atom is 0.270 e. The van der Waals surface area contributed by atoms with E-state index in [2.05, 4.69) is 0 Å². The van der Waals surface area contributed by atoms with Crippen LogP contribution in [0.1, 0.15) is 20.3 Å². The summed E-state index contributed by atoms with van der Waals surface area (Å²) in [6, 6.07) is 0. The van der Waals surface area contributed by atoms with Crippen LogP contribution in [0.5, 0.6) is 0 Å². The van der Waals surface area contributed by atoms with E-state index < -0.39 is 14.9 Å². The van der Waals surface area contributed by atoms with Gasteiger partial charge in [-0.2, -0.15) is 8.42 Å². The van der Waals surface area contributed by atoms with Crippen molar-refractivity contribution in [2.75, 3.05) is 6.54 Å². The van der Waals surface area contributed by atoms with E-state index in [1.165, 1.54) is 13.8 Å². The smallest absolute Gasteiger partial charge is 0.270 e. The van der Waals surface area contributed by atoms with Gasteiger partial charge in [-0.15, -0.1) is 0 Å². The summed E-state index contributed by atoms with van der Waals surface area (Å²) >= 11 is 0. The standard InChI is InChI=1S/C5H13NO3S/c1-5(2,3-4-6)10(7,8)9/h3-4,6H2,1-2H3,(H,7,8,9). The molecule has 0 radical (unpaired) electrons. The third kappa shape index (κ3) is 2.24. The van der Waals surface area contributed by atoms with Crippen molar-refractivity contribution in [3.8, 4) is 0 Å². The molecule has 5 heteroatoms. The number of hydrogen-bond donors (Lipinski definition) is 2. The third-order valence-electron chi connectivity index (χ3n) is 1.44. The second kappa shape index (κ2) is 2.86. The highest BCUT2D eigenvalue weighted by molar-refractivity contribution is 7.87. The molecule has 0 unspecified atom stereocenters. The van der Waals surface area contributed by atoms with Gasteiger partial charge in [-0.25, -0.2) is 0 Å². The largest absolute Gasteiger partial charge is 0.330 e. The van der Waals surface area contributed by atoms with E-state index in [1.54, 1.807) is 0 Å². The fraction of sp³-hybridized carbons (Fsp3) is 1.00. The molecule has 0 saturated carbocycles. The lowest BCUT2D eigenvalue weighted by Crippen LogP contribution is -2.33. The highest BCUT2D eigenvalue weighted by Gasteiger charge is 2.31. The molecule has 0 aromatic rings. The van der Waals surface area contributed by atoms with Crippen LogP contribution in [0.2, 0.25) is 0 Å². The molecule has 0 rings (SSSR count). The molecule has 0 saturated heterocycles. The zero-order valence-corrected chi connectivity index (χ0v) is 6.98. The molecule has 0 heterocycles. The maximum absolute atomic E-state index is 10.5. The zero-order valence-electron chi connectivity index (χ0n) is 6.16. The van der Waals surface area contributed by atoms with Crippen molar-refractivity contribution in [1.29, 1.82) is 0 Å². The van der Waals surface area contributed by atoms with Crippen molar-refractivity contribution in [3.63, 3.8) is 0 Å². The first-order valence-corrected chi connectivity index (χ1v) is 4.42. The quantitative estimate of drug-likeness (QED) is 0.580. The molecular weight excluding hydrogens is 154 g/mol. The van der Waals surface area contributed by atoms with Gasteiger partial charge in [0.15, 0.2) is 0 Å². The van der Waals surface area contributed by atoms with Crippen LogP contribution < -0.4 is 5.73 Å². The topological polar surface area (TPSA) is 80.4 Å². The monoisotopic (exact) mass is 167 g/mol. The van der Waals surface area contributed by atoms with E-state index in [0.29, 0.717) is 0 Å². The van der Waals surface area contributed by atoms with E-state index in [4.69, 9.17) is 10.3 Å². The van der Waals surface area contributed by atoms with E-state index in [9.17, 15) is 8.42 Å². The Labute approximate surface area is 61.2 Å². The van der Waals surface area contributed by atoms with Gasteiger partial charge in [0.25, 0.3) is 10.1 Å². The second-order valence-corrected chi connectivity index (χ2v) is 4.83. The SMILES string of the molecule is CC(C)(CCN)S(=O)(=O)O. The fourth-order valence-electron chi connectivity index (χ4n) is 0.477. The summed E-state index contributed by atoms with van der Waals surface area (Å²) in [6.45, 7) is 3.14. The van der Waals surface area contributed by atoms with Gasteiger partial charge < -0.3 is 5.73 Å². The van der Waals surface area contributed by atoms with Gasteiger partial charge in [0.05, 0.1) is 4.75 Å². The van der Waals surface area contributed by atoms with Crippen LogP contribution in [0.25, 0.3) is 0 Å². The molecule has 0 fully saturated rings. The van der Waals surface area contributed by atoms with Crippen molar-refractivity contribution in [2.45, 2.75) is 25.0 Å². The summed E-state index contributed by atoms with van der Waals surface area (Å²) in [7, 11) is -3.94. The predicted octanol–water partition coefficient (Wildman–Crippen LogP) is 0.00160. The molecule has 0 spiro atoms. The molecule has 0 amide bonds. The fourth-order valence-corrected chi connectivity index (χ4v) is 0.852. The second-order valence-electron chi connectivity index (χ2n) is 2.77. The minimum atomic E-state index is -3.94. The molecule has 0 aromatic heterocycles. The Kier molecular flexibility index (Phi) is 2.82. The molecule has 0 aliphatic carbocycles. The maximum atomic E-state index is 10.5. The van der Waals surface area contributed by atoms with Crippen LogP contribution in [0, 0.1) is 0 Å². The highest BCUT2D eigenvalue weighted by Crippen LogP contribution is 2.17. The van der Waals surface area contributed by atoms with Gasteiger partial charge in [0.1, 0.15) is 0 Å². The number of hydrogen-bond acceptors (Lipinski definition) is 3. The number of nitrogens with two attached hydrogens (primary N) is 1. The Morgan fingerprint density at radius 2 is 1.90 bits per heavy atom. The highest BCUT2D eigenvalue weighted by atomic mass is 32.2. The average Bonchev–Trinajstić information content (AvgIpc) is 1.61. The van der Waals surface area contributed by atoms with E-state index in [-0.39, 0.29) is 13.0 Å². The Balaban J connectivity index is 4.42. The van der Waals surface area contributed by atoms with Crippen LogP contribution in [0.15, 0.2) is 0 Å². The van der Waals surface area contributed by atoms with Gasteiger partial charge in [0.2, 0.25) is 0 Å². The summed E-state index contributed by atoms with van der Waals surface area (Å²) in [6.07, 6.45) is 0.270. The third-order valence-corrected chi connectivity index (χ3v) is 3.05. The van der Waals surface area contributed by atoms with Crippen molar-refractivity contribution in [1.82, 2.24) is 0 Å². The summed E-state index contributed by atoms with van der Waals surface area (Å²) in [5.74, 6) is 0. The average molecular weight is 167 g/mol. The van der Waals surface area contributed by atoms with Gasteiger partial charge in [0, 0.05) is 0 Å². The Morgan fingerprint density at radius 3 is 2.00 bits per heavy atom. The Bertz CT molecular complexity index is 195. The van der Waals surface area contributed by atoms with Gasteiger partial charge in [-0.05, 0) is 26.8 Å². The molecule has 4 nitrogen and oxygen atoms in total. The Hall–Kier alpha value is -0.130. The first-order valence-electron chi connectivity index (χ1n) is 2.98. The molecule has 0 aliphatic heterocycles. The van der Waals surface area contributed by atoms with E-state index in [0.717, 1.165) is 0 Å². The minimum Gasteiger partial charge on any atom is -0.330 e. The van der Waals surface area contributed by atoms with E-state index in [1.807, 2.05) is 0 Å². The van der Waals surface area contributed by atoms with Crippen molar-refractivity contribution in [3.05, 3.63) is 0 Å². The summed E-state index contributed by atoms with van der Waals surface area (Å²) in [4.78, 5) is 0. The molecule has 0 atom stereocenters. The van der Waals surface area contributed by atoms with Crippen LogP contribution in [0.4, 0.5) is 0 Å². The Morgan fingerprint density at radius 1 is 1.50 bits per heavy atom. The van der Waals surface area contributed by atoms with Crippen LogP contribution >= 0.6 is 0 Å². The van der Waals surface area contributed by atoms with E-state index >= 15 is 0 Å². The van der Waals surface area contributed by atoms with Gasteiger partial charge >= 0.3 is 0 Å². The summed E-state index contributed by atoms with van der Waals surface area (Å²) < 4.78 is 28.6. The minimum absolute atomic E-state index is 0.257. The van der Waals surface area contributed by atoms with Gasteiger partial charge in [-0.1, -0.05) is 0 Å². The van der Waals surface area contributed by atoms with Crippen LogP contribution in [0.3, 0.4) is 0 Å². The molecule has 62 valence electrons. The number of rotatable bonds is 3. The van der Waals surface area contributed by atoms with Crippen molar-refractivity contribution >= 4 is 10.1 Å². The lowest BCUT2D eigenvalue weighted by molar-refractivity contribution is 0.433. The predicted molar refractivity (Wildman–Crippen MR) is 39.3 cm³/mol. The molecule has 0 aliphatic rings. The summed E-state index contributed by atoms with van der Waals surface area (Å²) in [5.41, 5.74) is 5.14. The van der Waals surface area contributed by atoms with Gasteiger partial charge in [-0.3, -0.25) is 4.55 Å². The lowest BCUT2D eigenvalue weighted by Gasteiger charge is -2.18. The first kappa shape index (κ1) is 9.87.